The molecular weight excluding hydrogens is 474 g/mol. The van der Waals surface area contributed by atoms with E-state index in [0.29, 0.717) is 56.0 Å². The van der Waals surface area contributed by atoms with Crippen molar-refractivity contribution in [2.45, 2.75) is 57.9 Å². The molecule has 2 amide bonds. The Kier molecular flexibility index (Phi) is 5.96. The van der Waals surface area contributed by atoms with Crippen LogP contribution in [-0.4, -0.2) is 84.9 Å². The van der Waals surface area contributed by atoms with E-state index >= 15 is 0 Å². The second-order valence-electron chi connectivity index (χ2n) is 10.6. The summed E-state index contributed by atoms with van der Waals surface area (Å²) in [7, 11) is 0. The van der Waals surface area contributed by atoms with Gasteiger partial charge in [-0.3, -0.25) is 9.59 Å². The van der Waals surface area contributed by atoms with Gasteiger partial charge in [0.15, 0.2) is 5.76 Å². The zero-order chi connectivity index (χ0) is 25.6. The molecule has 2 N–H and O–H groups in total. The zero-order valence-corrected chi connectivity index (χ0v) is 21.2. The van der Waals surface area contributed by atoms with Crippen molar-refractivity contribution in [3.63, 3.8) is 0 Å². The Morgan fingerprint density at radius 1 is 1.00 bits per heavy atom. The van der Waals surface area contributed by atoms with Gasteiger partial charge < -0.3 is 24.9 Å². The van der Waals surface area contributed by atoms with E-state index in [0.717, 1.165) is 38.5 Å². The fraction of sp³-hybridized carbons (Fsp3) is 0.600. The summed E-state index contributed by atoms with van der Waals surface area (Å²) in [6.45, 7) is 5.02. The Morgan fingerprint density at radius 2 is 1.76 bits per heavy atom. The SMILES string of the molecule is CC1(C(=O)N2CCN(C(=O)[C@@H]3CCCN3c3nc(N)n4nc(-c5ccco5)nc4n3)CC2)CCCCC1. The average Bonchev–Trinajstić information content (AvgIpc) is 3.69. The number of nitrogen functional groups attached to an aromatic ring is 1. The molecule has 12 heteroatoms. The number of piperazine rings is 1. The van der Waals surface area contributed by atoms with Crippen LogP contribution in [0.1, 0.15) is 51.9 Å². The van der Waals surface area contributed by atoms with E-state index in [-0.39, 0.29) is 29.2 Å². The fourth-order valence-electron chi connectivity index (χ4n) is 5.96. The summed E-state index contributed by atoms with van der Waals surface area (Å²) in [5.74, 6) is 2.00. The van der Waals surface area contributed by atoms with E-state index in [4.69, 9.17) is 10.2 Å². The number of fused-ring (bicyclic) bond motifs is 1. The van der Waals surface area contributed by atoms with Crippen molar-refractivity contribution in [3.05, 3.63) is 18.4 Å². The van der Waals surface area contributed by atoms with Crippen molar-refractivity contribution in [2.75, 3.05) is 43.4 Å². The number of amides is 2. The molecule has 3 fully saturated rings. The first-order chi connectivity index (χ1) is 17.9. The lowest BCUT2D eigenvalue weighted by Gasteiger charge is -2.42. The highest BCUT2D eigenvalue weighted by atomic mass is 16.3. The molecule has 0 bridgehead atoms. The third-order valence-electron chi connectivity index (χ3n) is 8.11. The molecule has 3 aromatic rings. The largest absolute Gasteiger partial charge is 0.461 e. The number of furan rings is 1. The van der Waals surface area contributed by atoms with E-state index in [1.807, 2.05) is 14.7 Å². The lowest BCUT2D eigenvalue weighted by molar-refractivity contribution is -0.148. The van der Waals surface area contributed by atoms with Crippen molar-refractivity contribution in [2.24, 2.45) is 5.41 Å². The number of aromatic nitrogens is 5. The highest BCUT2D eigenvalue weighted by molar-refractivity contribution is 5.86. The average molecular weight is 508 g/mol. The third-order valence-corrected chi connectivity index (χ3v) is 8.11. The lowest BCUT2D eigenvalue weighted by Crippen LogP contribution is -2.57. The monoisotopic (exact) mass is 507 g/mol. The van der Waals surface area contributed by atoms with Crippen molar-refractivity contribution in [1.29, 1.82) is 0 Å². The number of hydrogen-bond acceptors (Lipinski definition) is 9. The molecule has 12 nitrogen and oxygen atoms in total. The van der Waals surface area contributed by atoms with Crippen LogP contribution in [0.3, 0.4) is 0 Å². The Balaban J connectivity index is 1.15. The summed E-state index contributed by atoms with van der Waals surface area (Å²) in [5, 5.41) is 4.35. The molecule has 1 aliphatic carbocycles. The second-order valence-corrected chi connectivity index (χ2v) is 10.6. The van der Waals surface area contributed by atoms with E-state index < -0.39 is 0 Å². The molecule has 2 aliphatic heterocycles. The van der Waals surface area contributed by atoms with Crippen LogP contribution in [0.25, 0.3) is 17.4 Å². The molecule has 6 rings (SSSR count). The van der Waals surface area contributed by atoms with E-state index in [2.05, 4.69) is 27.0 Å². The first-order valence-corrected chi connectivity index (χ1v) is 13.2. The predicted octanol–water partition coefficient (Wildman–Crippen LogP) is 1.97. The molecule has 1 atom stereocenters. The molecule has 5 heterocycles. The maximum absolute atomic E-state index is 13.6. The summed E-state index contributed by atoms with van der Waals surface area (Å²) in [4.78, 5) is 46.0. The number of carbonyl (C=O) groups is 2. The van der Waals surface area contributed by atoms with Crippen molar-refractivity contribution < 1.29 is 14.0 Å². The Morgan fingerprint density at radius 3 is 2.49 bits per heavy atom. The molecule has 0 radical (unpaired) electrons. The number of anilines is 2. The highest BCUT2D eigenvalue weighted by Crippen LogP contribution is 2.37. The van der Waals surface area contributed by atoms with Gasteiger partial charge in [0.25, 0.3) is 5.78 Å². The number of nitrogens with zero attached hydrogens (tertiary/aromatic N) is 8. The van der Waals surface area contributed by atoms with Gasteiger partial charge in [0.1, 0.15) is 6.04 Å². The summed E-state index contributed by atoms with van der Waals surface area (Å²) >= 11 is 0. The van der Waals surface area contributed by atoms with E-state index in [9.17, 15) is 9.59 Å². The smallest absolute Gasteiger partial charge is 0.259 e. The highest BCUT2D eigenvalue weighted by Gasteiger charge is 2.41. The summed E-state index contributed by atoms with van der Waals surface area (Å²) in [6, 6.07) is 3.15. The molecule has 0 spiro atoms. The minimum atomic E-state index is -0.368. The van der Waals surface area contributed by atoms with Gasteiger partial charge in [0.2, 0.25) is 29.5 Å². The Labute approximate surface area is 214 Å². The van der Waals surface area contributed by atoms with Gasteiger partial charge in [-0.05, 0) is 37.8 Å². The summed E-state index contributed by atoms with van der Waals surface area (Å²) in [5.41, 5.74) is 5.94. The molecule has 196 valence electrons. The van der Waals surface area contributed by atoms with Crippen LogP contribution in [0.4, 0.5) is 11.9 Å². The number of carbonyl (C=O) groups excluding carboxylic acids is 2. The van der Waals surface area contributed by atoms with Crippen LogP contribution in [-0.2, 0) is 9.59 Å². The summed E-state index contributed by atoms with van der Waals surface area (Å²) in [6.07, 6.45) is 8.50. The van der Waals surface area contributed by atoms with Crippen LogP contribution in [0, 0.1) is 5.41 Å². The lowest BCUT2D eigenvalue weighted by atomic mass is 9.74. The van der Waals surface area contributed by atoms with E-state index in [1.165, 1.54) is 10.9 Å². The predicted molar refractivity (Wildman–Crippen MR) is 135 cm³/mol. The standard InChI is InChI=1S/C25H33N9O3/c1-25(9-3-2-4-10-25)21(36)32-14-12-31(13-15-32)20(35)17-7-5-11-33(17)23-28-22(26)34-24(29-23)27-19(30-34)18-8-6-16-37-18/h6,8,16-17H,2-5,7,9-15H2,1H3,(H2,26,27,28,29,30)/t17-/m0/s1. The number of hydrogen-bond donors (Lipinski definition) is 1. The minimum absolute atomic E-state index is 0.0493. The molecule has 0 unspecified atom stereocenters. The molecule has 3 aromatic heterocycles. The van der Waals surface area contributed by atoms with Crippen molar-refractivity contribution in [3.8, 4) is 11.6 Å². The first-order valence-electron chi connectivity index (χ1n) is 13.2. The molecule has 0 aromatic carbocycles. The van der Waals surface area contributed by atoms with Gasteiger partial charge in [-0.1, -0.05) is 26.2 Å². The zero-order valence-electron chi connectivity index (χ0n) is 21.2. The van der Waals surface area contributed by atoms with Gasteiger partial charge in [0, 0.05) is 38.1 Å². The van der Waals surface area contributed by atoms with Gasteiger partial charge in [0.05, 0.1) is 6.26 Å². The van der Waals surface area contributed by atoms with Crippen LogP contribution >= 0.6 is 0 Å². The molecule has 2 saturated heterocycles. The molecule has 37 heavy (non-hydrogen) atoms. The second kappa shape index (κ2) is 9.31. The number of rotatable bonds is 4. The maximum atomic E-state index is 13.6. The fourth-order valence-corrected chi connectivity index (χ4v) is 5.96. The third kappa shape index (κ3) is 4.27. The normalized spacial score (nSPS) is 22.1. The van der Waals surface area contributed by atoms with Crippen LogP contribution in [0.5, 0.6) is 0 Å². The maximum Gasteiger partial charge on any atom is 0.259 e. The van der Waals surface area contributed by atoms with Gasteiger partial charge >= 0.3 is 0 Å². The van der Waals surface area contributed by atoms with Crippen LogP contribution in [0.2, 0.25) is 0 Å². The van der Waals surface area contributed by atoms with Crippen molar-refractivity contribution >= 4 is 29.5 Å². The van der Waals surface area contributed by atoms with Crippen LogP contribution in [0.15, 0.2) is 22.8 Å². The topological polar surface area (TPSA) is 139 Å². The van der Waals surface area contributed by atoms with Gasteiger partial charge in [-0.2, -0.15) is 19.5 Å². The van der Waals surface area contributed by atoms with E-state index in [1.54, 1.807) is 18.4 Å². The minimum Gasteiger partial charge on any atom is -0.461 e. The number of nitrogens with two attached hydrogens (primary N) is 1. The summed E-state index contributed by atoms with van der Waals surface area (Å²) < 4.78 is 6.76. The quantitative estimate of drug-likeness (QED) is 0.561. The first kappa shape index (κ1) is 23.7. The molecular formula is C25H33N9O3. The Bertz CT molecular complexity index is 1290. The molecule has 1 saturated carbocycles. The van der Waals surface area contributed by atoms with Gasteiger partial charge in [-0.25, -0.2) is 0 Å². The molecule has 3 aliphatic rings. The Hall–Kier alpha value is -3.70. The van der Waals surface area contributed by atoms with Crippen molar-refractivity contribution in [1.82, 2.24) is 34.4 Å². The van der Waals surface area contributed by atoms with Gasteiger partial charge in [-0.15, -0.1) is 5.10 Å². The van der Waals surface area contributed by atoms with Crippen LogP contribution < -0.4 is 10.6 Å².